The number of alkyl halides is 2. The van der Waals surface area contributed by atoms with Gasteiger partial charge in [-0.15, -0.1) is 0 Å². The first-order valence-electron chi connectivity index (χ1n) is 9.95. The van der Waals surface area contributed by atoms with Crippen LogP contribution >= 0.6 is 0 Å². The van der Waals surface area contributed by atoms with Crippen LogP contribution < -0.4 is 16.0 Å². The van der Waals surface area contributed by atoms with Crippen LogP contribution in [0.5, 0.6) is 0 Å². The highest BCUT2D eigenvalue weighted by Gasteiger charge is 2.40. The number of carbonyl (C=O) groups is 2. The fourth-order valence-electron chi connectivity index (χ4n) is 4.06. The van der Waals surface area contributed by atoms with Crippen LogP contribution in [-0.2, 0) is 16.6 Å². The van der Waals surface area contributed by atoms with E-state index in [-0.39, 0.29) is 25.8 Å². The summed E-state index contributed by atoms with van der Waals surface area (Å²) in [5.41, 5.74) is 0.788. The summed E-state index contributed by atoms with van der Waals surface area (Å²) < 4.78 is 30.4. The zero-order chi connectivity index (χ0) is 21.5. The fourth-order valence-corrected chi connectivity index (χ4v) is 4.06. The van der Waals surface area contributed by atoms with Gasteiger partial charge in [-0.25, -0.2) is 13.6 Å². The molecule has 0 spiro atoms. The van der Waals surface area contributed by atoms with Crippen molar-refractivity contribution >= 4 is 22.8 Å². The quantitative estimate of drug-likeness (QED) is 0.595. The number of amides is 2. The van der Waals surface area contributed by atoms with E-state index in [1.165, 1.54) is 11.6 Å². The minimum atomic E-state index is -2.80. The predicted molar refractivity (Wildman–Crippen MR) is 107 cm³/mol. The lowest BCUT2D eigenvalue weighted by Gasteiger charge is -2.30. The van der Waals surface area contributed by atoms with Gasteiger partial charge < -0.3 is 5.32 Å². The summed E-state index contributed by atoms with van der Waals surface area (Å²) in [5, 5.41) is 3.60. The molecule has 7 nitrogen and oxygen atoms in total. The number of aryl methyl sites for hydroxylation is 1. The second kappa shape index (κ2) is 7.69. The SMILES string of the molecule is Cn1c(=O)n(N2C(=O)CCCC2=O)c2cccc(C#CCC3CCNCC3(F)F)c21. The fraction of sp³-hybridized carbons (Fsp3) is 0.476. The van der Waals surface area contributed by atoms with Gasteiger partial charge in [0.1, 0.15) is 0 Å². The number of imidazole rings is 1. The van der Waals surface area contributed by atoms with Crippen molar-refractivity contribution in [2.24, 2.45) is 13.0 Å². The number of rotatable bonds is 2. The van der Waals surface area contributed by atoms with E-state index in [2.05, 4.69) is 17.2 Å². The number of imide groups is 1. The Hall–Kier alpha value is -2.99. The molecule has 3 heterocycles. The van der Waals surface area contributed by atoms with E-state index in [9.17, 15) is 23.2 Å². The molecule has 0 aliphatic carbocycles. The molecule has 0 bridgehead atoms. The summed E-state index contributed by atoms with van der Waals surface area (Å²) in [4.78, 5) is 37.5. The highest BCUT2D eigenvalue weighted by Crippen LogP contribution is 2.31. The maximum Gasteiger partial charge on any atom is 0.348 e. The van der Waals surface area contributed by atoms with Crippen molar-refractivity contribution in [1.82, 2.24) is 14.6 Å². The van der Waals surface area contributed by atoms with Gasteiger partial charge in [0.15, 0.2) is 0 Å². The van der Waals surface area contributed by atoms with Gasteiger partial charge in [-0.2, -0.15) is 9.69 Å². The molecule has 2 fully saturated rings. The number of para-hydroxylation sites is 1. The van der Waals surface area contributed by atoms with E-state index in [4.69, 9.17) is 0 Å². The summed E-state index contributed by atoms with van der Waals surface area (Å²) in [6.07, 6.45) is 1.24. The van der Waals surface area contributed by atoms with Crippen molar-refractivity contribution in [3.63, 3.8) is 0 Å². The summed E-state index contributed by atoms with van der Waals surface area (Å²) >= 11 is 0. The van der Waals surface area contributed by atoms with E-state index in [0.717, 1.165) is 9.69 Å². The zero-order valence-electron chi connectivity index (χ0n) is 16.6. The van der Waals surface area contributed by atoms with Crippen LogP contribution in [0.25, 0.3) is 11.0 Å². The normalized spacial score (nSPS) is 21.6. The average molecular weight is 416 g/mol. The number of aromatic nitrogens is 2. The Morgan fingerprint density at radius 2 is 1.93 bits per heavy atom. The van der Waals surface area contributed by atoms with Gasteiger partial charge in [0.25, 0.3) is 5.92 Å². The Morgan fingerprint density at radius 1 is 1.20 bits per heavy atom. The van der Waals surface area contributed by atoms with Crippen LogP contribution in [-0.4, -0.2) is 40.1 Å². The number of benzene rings is 1. The van der Waals surface area contributed by atoms with E-state index in [1.807, 2.05) is 0 Å². The van der Waals surface area contributed by atoms with Crippen LogP contribution in [0.4, 0.5) is 8.78 Å². The minimum absolute atomic E-state index is 0.0445. The Morgan fingerprint density at radius 3 is 2.63 bits per heavy atom. The minimum Gasteiger partial charge on any atom is -0.311 e. The molecule has 30 heavy (non-hydrogen) atoms. The molecule has 1 unspecified atom stereocenters. The first kappa shape index (κ1) is 20.3. The number of fused-ring (bicyclic) bond motifs is 1. The smallest absolute Gasteiger partial charge is 0.311 e. The molecule has 2 aliphatic heterocycles. The van der Waals surface area contributed by atoms with Crippen molar-refractivity contribution < 1.29 is 18.4 Å². The standard InChI is InChI=1S/C21H22F2N4O3/c1-25-19-14(5-2-7-15-11-12-24-13-21(15,22)23)6-3-8-16(19)26(20(25)30)27-17(28)9-4-10-18(27)29/h3,6,8,15,24H,4,7,9-13H2,1H3. The summed E-state index contributed by atoms with van der Waals surface area (Å²) in [6.45, 7) is 0.191. The maximum atomic E-state index is 14.0. The van der Waals surface area contributed by atoms with E-state index in [1.54, 1.807) is 18.2 Å². The van der Waals surface area contributed by atoms with Crippen molar-refractivity contribution in [1.29, 1.82) is 0 Å². The Kier molecular flexibility index (Phi) is 5.20. The van der Waals surface area contributed by atoms with Gasteiger partial charge in [0, 0.05) is 32.2 Å². The first-order chi connectivity index (χ1) is 14.3. The monoisotopic (exact) mass is 416 g/mol. The van der Waals surface area contributed by atoms with Gasteiger partial charge in [0.2, 0.25) is 11.8 Å². The lowest BCUT2D eigenvalue weighted by Crippen LogP contribution is -2.52. The molecule has 1 aromatic heterocycles. The topological polar surface area (TPSA) is 76.3 Å². The van der Waals surface area contributed by atoms with E-state index >= 15 is 0 Å². The lowest BCUT2D eigenvalue weighted by molar-refractivity contribution is -0.131. The zero-order valence-corrected chi connectivity index (χ0v) is 16.6. The van der Waals surface area contributed by atoms with Gasteiger partial charge in [0.05, 0.1) is 23.1 Å². The highest BCUT2D eigenvalue weighted by molar-refractivity contribution is 6.11. The second-order valence-corrected chi connectivity index (χ2v) is 7.71. The van der Waals surface area contributed by atoms with Crippen LogP contribution in [0, 0.1) is 17.8 Å². The third kappa shape index (κ3) is 3.41. The van der Waals surface area contributed by atoms with Gasteiger partial charge in [-0.3, -0.25) is 14.2 Å². The number of halogens is 2. The van der Waals surface area contributed by atoms with Crippen molar-refractivity contribution in [3.8, 4) is 11.8 Å². The molecule has 2 aliphatic rings. The molecule has 0 radical (unpaired) electrons. The van der Waals surface area contributed by atoms with Crippen LogP contribution in [0.3, 0.4) is 0 Å². The molecule has 2 aromatic rings. The number of piperidine rings is 2. The number of carbonyl (C=O) groups excluding carboxylic acids is 2. The Balaban J connectivity index is 1.73. The molecule has 1 aromatic carbocycles. The third-order valence-corrected chi connectivity index (χ3v) is 5.70. The van der Waals surface area contributed by atoms with Crippen molar-refractivity contribution in [2.75, 3.05) is 18.1 Å². The predicted octanol–water partition coefficient (Wildman–Crippen LogP) is 1.50. The van der Waals surface area contributed by atoms with Crippen LogP contribution in [0.1, 0.15) is 37.7 Å². The molecule has 158 valence electrons. The molecule has 1 atom stereocenters. The Labute approximate surface area is 171 Å². The summed E-state index contributed by atoms with van der Waals surface area (Å²) in [5.74, 6) is 1.29. The van der Waals surface area contributed by atoms with Crippen molar-refractivity contribution in [2.45, 2.75) is 38.0 Å². The van der Waals surface area contributed by atoms with E-state index in [0.29, 0.717) is 36.0 Å². The van der Waals surface area contributed by atoms with Crippen molar-refractivity contribution in [3.05, 3.63) is 34.2 Å². The average Bonchev–Trinajstić information content (AvgIpc) is 2.95. The van der Waals surface area contributed by atoms with Gasteiger partial charge in [-0.1, -0.05) is 17.9 Å². The lowest BCUT2D eigenvalue weighted by atomic mass is 9.91. The highest BCUT2D eigenvalue weighted by atomic mass is 19.3. The van der Waals surface area contributed by atoms with Crippen LogP contribution in [0.2, 0.25) is 0 Å². The van der Waals surface area contributed by atoms with E-state index < -0.39 is 29.3 Å². The largest absolute Gasteiger partial charge is 0.348 e. The van der Waals surface area contributed by atoms with Gasteiger partial charge in [-0.05, 0) is 31.5 Å². The summed E-state index contributed by atoms with van der Waals surface area (Å²) in [7, 11) is 1.53. The van der Waals surface area contributed by atoms with Crippen LogP contribution in [0.15, 0.2) is 23.0 Å². The first-order valence-corrected chi connectivity index (χ1v) is 9.95. The third-order valence-electron chi connectivity index (χ3n) is 5.70. The molecule has 0 saturated carbocycles. The number of hydrogen-bond donors (Lipinski definition) is 1. The number of nitrogens with zero attached hydrogens (tertiary/aromatic N) is 3. The summed E-state index contributed by atoms with van der Waals surface area (Å²) in [6, 6.07) is 5.00. The number of hydrogen-bond acceptors (Lipinski definition) is 4. The molecule has 2 saturated heterocycles. The number of nitrogens with one attached hydrogen (secondary N) is 1. The Bertz CT molecular complexity index is 1120. The van der Waals surface area contributed by atoms with Gasteiger partial charge >= 0.3 is 5.69 Å². The molecule has 4 rings (SSSR count). The molecular weight excluding hydrogens is 394 g/mol. The second-order valence-electron chi connectivity index (χ2n) is 7.71. The molecule has 9 heteroatoms. The molecule has 1 N–H and O–H groups in total. The maximum absolute atomic E-state index is 14.0. The molecular formula is C21H22F2N4O3. The molecule has 2 amide bonds.